The summed E-state index contributed by atoms with van der Waals surface area (Å²) in [5, 5.41) is 10.3. The molecule has 1 amide bonds. The number of anilines is 1. The quantitative estimate of drug-likeness (QED) is 0.604. The number of rotatable bonds is 2. The molecule has 5 nitrogen and oxygen atoms in total. The zero-order valence-corrected chi connectivity index (χ0v) is 14.4. The Hall–Kier alpha value is -3.21. The molecule has 0 aliphatic heterocycles. The summed E-state index contributed by atoms with van der Waals surface area (Å²) in [6, 6.07) is 15.6. The van der Waals surface area contributed by atoms with Crippen molar-refractivity contribution in [3.8, 4) is 0 Å². The molecule has 0 aliphatic carbocycles. The maximum absolute atomic E-state index is 12.9. The molecule has 0 unspecified atom stereocenters. The van der Waals surface area contributed by atoms with E-state index in [9.17, 15) is 4.79 Å². The van der Waals surface area contributed by atoms with Gasteiger partial charge in [-0.3, -0.25) is 4.79 Å². The molecule has 5 heteroatoms. The number of hydrogen-bond donors (Lipinski definition) is 1. The number of nitrogens with zero attached hydrogens (tertiary/aromatic N) is 3. The number of nitrogens with one attached hydrogen (secondary N) is 1. The first-order valence-corrected chi connectivity index (χ1v) is 8.14. The molecule has 124 valence electrons. The first kappa shape index (κ1) is 15.3. The molecule has 0 aliphatic rings. The SMILES string of the molecule is Cc1cc(C)c2c(NC(=O)c3cccc4ccccc34)nn(C)c2n1. The van der Waals surface area contributed by atoms with E-state index in [0.29, 0.717) is 11.4 Å². The van der Waals surface area contributed by atoms with E-state index < -0.39 is 0 Å². The summed E-state index contributed by atoms with van der Waals surface area (Å²) in [6.07, 6.45) is 0. The highest BCUT2D eigenvalue weighted by Crippen LogP contribution is 2.26. The highest BCUT2D eigenvalue weighted by molar-refractivity contribution is 6.14. The third-order valence-electron chi connectivity index (χ3n) is 4.39. The fourth-order valence-corrected chi connectivity index (χ4v) is 3.28. The fraction of sp³-hybridized carbons (Fsp3) is 0.150. The summed E-state index contributed by atoms with van der Waals surface area (Å²) >= 11 is 0. The Labute approximate surface area is 145 Å². The van der Waals surface area contributed by atoms with Crippen molar-refractivity contribution in [1.29, 1.82) is 0 Å². The highest BCUT2D eigenvalue weighted by atomic mass is 16.1. The van der Waals surface area contributed by atoms with Gasteiger partial charge >= 0.3 is 0 Å². The van der Waals surface area contributed by atoms with Crippen molar-refractivity contribution < 1.29 is 4.79 Å². The third-order valence-corrected chi connectivity index (χ3v) is 4.39. The molecule has 0 saturated heterocycles. The van der Waals surface area contributed by atoms with Gasteiger partial charge in [0.25, 0.3) is 5.91 Å². The topological polar surface area (TPSA) is 59.8 Å². The van der Waals surface area contributed by atoms with Crippen LogP contribution in [0.25, 0.3) is 21.8 Å². The zero-order chi connectivity index (χ0) is 17.6. The van der Waals surface area contributed by atoms with E-state index >= 15 is 0 Å². The molecule has 2 aromatic heterocycles. The van der Waals surface area contributed by atoms with E-state index in [1.807, 2.05) is 69.4 Å². The van der Waals surface area contributed by atoms with Crippen LogP contribution in [0.1, 0.15) is 21.6 Å². The van der Waals surface area contributed by atoms with Crippen molar-refractivity contribution in [1.82, 2.24) is 14.8 Å². The number of aryl methyl sites for hydroxylation is 3. The molecule has 0 saturated carbocycles. The first-order valence-electron chi connectivity index (χ1n) is 8.14. The van der Waals surface area contributed by atoms with Gasteiger partial charge in [0, 0.05) is 18.3 Å². The Balaban J connectivity index is 1.80. The smallest absolute Gasteiger partial charge is 0.257 e. The molecule has 2 aromatic carbocycles. The van der Waals surface area contributed by atoms with E-state index in [4.69, 9.17) is 0 Å². The molecular formula is C20H18N4O. The third kappa shape index (κ3) is 2.54. The van der Waals surface area contributed by atoms with Gasteiger partial charge in [-0.2, -0.15) is 5.10 Å². The number of amides is 1. The second-order valence-electron chi connectivity index (χ2n) is 6.23. The van der Waals surface area contributed by atoms with E-state index in [1.165, 1.54) is 0 Å². The second kappa shape index (κ2) is 5.70. The van der Waals surface area contributed by atoms with Gasteiger partial charge in [0.15, 0.2) is 11.5 Å². The average Bonchev–Trinajstić information content (AvgIpc) is 2.90. The molecule has 25 heavy (non-hydrogen) atoms. The lowest BCUT2D eigenvalue weighted by Crippen LogP contribution is -2.13. The molecule has 0 radical (unpaired) electrons. The van der Waals surface area contributed by atoms with Gasteiger partial charge < -0.3 is 5.32 Å². The Morgan fingerprint density at radius 3 is 2.68 bits per heavy atom. The van der Waals surface area contributed by atoms with Gasteiger partial charge in [-0.05, 0) is 42.3 Å². The zero-order valence-electron chi connectivity index (χ0n) is 14.4. The van der Waals surface area contributed by atoms with Gasteiger partial charge in [0.1, 0.15) is 0 Å². The van der Waals surface area contributed by atoms with E-state index in [1.54, 1.807) is 4.68 Å². The number of pyridine rings is 1. The molecule has 2 heterocycles. The standard InChI is InChI=1S/C20H18N4O/c1-12-11-13(2)21-19-17(12)18(23-24(19)3)22-20(25)16-10-6-8-14-7-4-5-9-15(14)16/h4-11H,1-3H3,(H,22,23,25). The molecule has 4 aromatic rings. The molecule has 0 bridgehead atoms. The number of carbonyl (C=O) groups is 1. The molecule has 0 fully saturated rings. The van der Waals surface area contributed by atoms with Crippen LogP contribution in [-0.2, 0) is 7.05 Å². The van der Waals surface area contributed by atoms with Crippen molar-refractivity contribution in [2.24, 2.45) is 7.05 Å². The second-order valence-corrected chi connectivity index (χ2v) is 6.23. The lowest BCUT2D eigenvalue weighted by molar-refractivity contribution is 0.102. The summed E-state index contributed by atoms with van der Waals surface area (Å²) in [6.45, 7) is 3.96. The summed E-state index contributed by atoms with van der Waals surface area (Å²) < 4.78 is 1.70. The summed E-state index contributed by atoms with van der Waals surface area (Å²) in [5.41, 5.74) is 3.38. The maximum atomic E-state index is 12.9. The van der Waals surface area contributed by atoms with Crippen molar-refractivity contribution >= 4 is 33.5 Å². The summed E-state index contributed by atoms with van der Waals surface area (Å²) in [5.74, 6) is 0.372. The van der Waals surface area contributed by atoms with Gasteiger partial charge in [-0.1, -0.05) is 36.4 Å². The van der Waals surface area contributed by atoms with E-state index in [-0.39, 0.29) is 5.91 Å². The first-order chi connectivity index (χ1) is 12.0. The predicted octanol–water partition coefficient (Wildman–Crippen LogP) is 3.99. The Morgan fingerprint density at radius 2 is 1.84 bits per heavy atom. The lowest BCUT2D eigenvalue weighted by atomic mass is 10.0. The number of carbonyl (C=O) groups excluding carboxylic acids is 1. The number of hydrogen-bond acceptors (Lipinski definition) is 3. The molecule has 1 N–H and O–H groups in total. The van der Waals surface area contributed by atoms with Crippen molar-refractivity contribution in [2.45, 2.75) is 13.8 Å². The van der Waals surface area contributed by atoms with Crippen LogP contribution in [0.5, 0.6) is 0 Å². The Bertz CT molecular complexity index is 1120. The van der Waals surface area contributed by atoms with Gasteiger partial charge in [-0.25, -0.2) is 9.67 Å². The fourth-order valence-electron chi connectivity index (χ4n) is 3.28. The van der Waals surface area contributed by atoms with Crippen LogP contribution in [0.2, 0.25) is 0 Å². The normalized spacial score (nSPS) is 11.2. The number of benzene rings is 2. The van der Waals surface area contributed by atoms with Crippen LogP contribution in [0.15, 0.2) is 48.5 Å². The van der Waals surface area contributed by atoms with Gasteiger partial charge in [0.05, 0.1) is 5.39 Å². The van der Waals surface area contributed by atoms with Crippen LogP contribution in [0.4, 0.5) is 5.82 Å². The maximum Gasteiger partial charge on any atom is 0.257 e. The van der Waals surface area contributed by atoms with Crippen LogP contribution < -0.4 is 5.32 Å². The molecule has 4 rings (SSSR count). The Kier molecular flexibility index (Phi) is 3.50. The lowest BCUT2D eigenvalue weighted by Gasteiger charge is -2.07. The minimum Gasteiger partial charge on any atom is -0.304 e. The highest BCUT2D eigenvalue weighted by Gasteiger charge is 2.17. The van der Waals surface area contributed by atoms with Gasteiger partial charge in [0.2, 0.25) is 0 Å². The summed E-state index contributed by atoms with van der Waals surface area (Å²) in [7, 11) is 1.84. The van der Waals surface area contributed by atoms with Crippen molar-refractivity contribution in [3.05, 3.63) is 65.4 Å². The van der Waals surface area contributed by atoms with Crippen molar-refractivity contribution in [3.63, 3.8) is 0 Å². The Morgan fingerprint density at radius 1 is 1.08 bits per heavy atom. The van der Waals surface area contributed by atoms with Crippen LogP contribution in [-0.4, -0.2) is 20.7 Å². The monoisotopic (exact) mass is 330 g/mol. The van der Waals surface area contributed by atoms with Gasteiger partial charge in [-0.15, -0.1) is 0 Å². The van der Waals surface area contributed by atoms with E-state index in [0.717, 1.165) is 33.1 Å². The van der Waals surface area contributed by atoms with Crippen molar-refractivity contribution in [2.75, 3.05) is 5.32 Å². The minimum absolute atomic E-state index is 0.170. The van der Waals surface area contributed by atoms with Crippen LogP contribution in [0, 0.1) is 13.8 Å². The minimum atomic E-state index is -0.170. The predicted molar refractivity (Wildman–Crippen MR) is 99.9 cm³/mol. The van der Waals surface area contributed by atoms with Crippen LogP contribution >= 0.6 is 0 Å². The molecule has 0 atom stereocenters. The molecule has 0 spiro atoms. The van der Waals surface area contributed by atoms with E-state index in [2.05, 4.69) is 15.4 Å². The number of fused-ring (bicyclic) bond motifs is 2. The molecular weight excluding hydrogens is 312 g/mol. The average molecular weight is 330 g/mol. The van der Waals surface area contributed by atoms with Crippen LogP contribution in [0.3, 0.4) is 0 Å². The largest absolute Gasteiger partial charge is 0.304 e. The summed E-state index contributed by atoms with van der Waals surface area (Å²) in [4.78, 5) is 17.4. The number of aromatic nitrogens is 3.